The molecule has 2 aromatic rings. The van der Waals surface area contributed by atoms with Crippen LogP contribution in [0.15, 0.2) is 36.4 Å². The summed E-state index contributed by atoms with van der Waals surface area (Å²) >= 11 is 0. The van der Waals surface area contributed by atoms with Crippen molar-refractivity contribution in [3.05, 3.63) is 47.7 Å². The monoisotopic (exact) mass is 169 g/mol. The highest BCUT2D eigenvalue weighted by molar-refractivity contribution is 5.68. The molecule has 1 aliphatic rings. The molecule has 64 valence electrons. The van der Waals surface area contributed by atoms with Crippen molar-refractivity contribution in [2.45, 2.75) is 13.5 Å². The number of rotatable bonds is 0. The minimum atomic E-state index is 1.05. The molecule has 1 heteroatoms. The third kappa shape index (κ3) is 0.816. The fourth-order valence-corrected chi connectivity index (χ4v) is 2.09. The lowest BCUT2D eigenvalue weighted by molar-refractivity contribution is 0.818. The van der Waals surface area contributed by atoms with Crippen LogP contribution in [-0.2, 0) is 6.54 Å². The van der Waals surface area contributed by atoms with Crippen molar-refractivity contribution < 1.29 is 0 Å². The van der Waals surface area contributed by atoms with E-state index in [4.69, 9.17) is 0 Å². The van der Waals surface area contributed by atoms with Gasteiger partial charge in [0.2, 0.25) is 0 Å². The Morgan fingerprint density at radius 3 is 2.85 bits per heavy atom. The summed E-state index contributed by atoms with van der Waals surface area (Å²) in [7, 11) is 0. The second-order valence-corrected chi connectivity index (χ2v) is 3.60. The maximum Gasteiger partial charge on any atom is 0.0489 e. The Kier molecular flexibility index (Phi) is 1.21. The summed E-state index contributed by atoms with van der Waals surface area (Å²) in [6.07, 6.45) is 0. The predicted molar refractivity (Wildman–Crippen MR) is 53.7 cm³/mol. The summed E-state index contributed by atoms with van der Waals surface area (Å²) < 4.78 is 2.37. The smallest absolute Gasteiger partial charge is 0.0489 e. The zero-order valence-electron chi connectivity index (χ0n) is 7.62. The standard InChI is InChI=1S/C12H11N/c1-9-6-7-12-11-5-3-2-4-10(11)8-13(9)12/h2-7H,8H2,1H3. The Balaban J connectivity index is 2.32. The molecule has 13 heavy (non-hydrogen) atoms. The lowest BCUT2D eigenvalue weighted by Gasteiger charge is -1.98. The summed E-state index contributed by atoms with van der Waals surface area (Å²) in [5, 5.41) is 0. The molecular formula is C12H11N. The van der Waals surface area contributed by atoms with E-state index in [9.17, 15) is 0 Å². The van der Waals surface area contributed by atoms with Gasteiger partial charge in [-0.3, -0.25) is 0 Å². The number of hydrogen-bond acceptors (Lipinski definition) is 0. The first-order chi connectivity index (χ1) is 6.36. The Labute approximate surface area is 77.6 Å². The molecule has 0 spiro atoms. The van der Waals surface area contributed by atoms with Crippen LogP contribution in [0.25, 0.3) is 11.3 Å². The molecule has 0 aliphatic carbocycles. The topological polar surface area (TPSA) is 4.93 Å². The van der Waals surface area contributed by atoms with Crippen molar-refractivity contribution in [2.75, 3.05) is 0 Å². The van der Waals surface area contributed by atoms with Gasteiger partial charge in [-0.1, -0.05) is 24.3 Å². The summed E-state index contributed by atoms with van der Waals surface area (Å²) in [6.45, 7) is 3.21. The van der Waals surface area contributed by atoms with Crippen LogP contribution >= 0.6 is 0 Å². The van der Waals surface area contributed by atoms with E-state index in [0.29, 0.717) is 0 Å². The average Bonchev–Trinajstić information content (AvgIpc) is 2.67. The van der Waals surface area contributed by atoms with Crippen LogP contribution in [0.4, 0.5) is 0 Å². The van der Waals surface area contributed by atoms with Crippen LogP contribution in [0, 0.1) is 6.92 Å². The van der Waals surface area contributed by atoms with Crippen LogP contribution in [0.5, 0.6) is 0 Å². The number of aromatic nitrogens is 1. The molecule has 1 nitrogen and oxygen atoms in total. The molecule has 0 amide bonds. The van der Waals surface area contributed by atoms with Gasteiger partial charge in [-0.15, -0.1) is 0 Å². The summed E-state index contributed by atoms with van der Waals surface area (Å²) in [4.78, 5) is 0. The predicted octanol–water partition coefficient (Wildman–Crippen LogP) is 2.83. The maximum atomic E-state index is 2.37. The molecule has 0 atom stereocenters. The first kappa shape index (κ1) is 6.96. The molecule has 1 aromatic heterocycles. The van der Waals surface area contributed by atoms with E-state index in [2.05, 4.69) is 47.9 Å². The Morgan fingerprint density at radius 1 is 1.08 bits per heavy atom. The zero-order chi connectivity index (χ0) is 8.84. The van der Waals surface area contributed by atoms with E-state index >= 15 is 0 Å². The summed E-state index contributed by atoms with van der Waals surface area (Å²) in [5.74, 6) is 0. The van der Waals surface area contributed by atoms with E-state index < -0.39 is 0 Å². The average molecular weight is 169 g/mol. The second-order valence-electron chi connectivity index (χ2n) is 3.60. The highest BCUT2D eigenvalue weighted by atomic mass is 15.0. The number of nitrogens with zero attached hydrogens (tertiary/aromatic N) is 1. The third-order valence-corrected chi connectivity index (χ3v) is 2.82. The fraction of sp³-hybridized carbons (Fsp3) is 0.167. The first-order valence-corrected chi connectivity index (χ1v) is 4.61. The van der Waals surface area contributed by atoms with E-state index in [0.717, 1.165) is 6.54 Å². The van der Waals surface area contributed by atoms with Crippen LogP contribution in [0.3, 0.4) is 0 Å². The van der Waals surface area contributed by atoms with Gasteiger partial charge in [0.15, 0.2) is 0 Å². The van der Waals surface area contributed by atoms with Crippen molar-refractivity contribution >= 4 is 0 Å². The van der Waals surface area contributed by atoms with Crippen LogP contribution < -0.4 is 0 Å². The van der Waals surface area contributed by atoms with Gasteiger partial charge < -0.3 is 4.57 Å². The van der Waals surface area contributed by atoms with Crippen molar-refractivity contribution in [1.29, 1.82) is 0 Å². The van der Waals surface area contributed by atoms with Crippen LogP contribution in [-0.4, -0.2) is 4.57 Å². The fourth-order valence-electron chi connectivity index (χ4n) is 2.09. The first-order valence-electron chi connectivity index (χ1n) is 4.61. The largest absolute Gasteiger partial charge is 0.340 e. The van der Waals surface area contributed by atoms with Gasteiger partial charge in [0.05, 0.1) is 0 Å². The molecule has 1 aromatic carbocycles. The quantitative estimate of drug-likeness (QED) is 0.487. The normalized spacial score (nSPS) is 12.7. The van der Waals surface area contributed by atoms with Crippen molar-refractivity contribution in [3.8, 4) is 11.3 Å². The minimum Gasteiger partial charge on any atom is -0.340 e. The number of hydrogen-bond donors (Lipinski definition) is 0. The Hall–Kier alpha value is -1.50. The van der Waals surface area contributed by atoms with Crippen molar-refractivity contribution in [1.82, 2.24) is 4.57 Å². The third-order valence-electron chi connectivity index (χ3n) is 2.82. The van der Waals surface area contributed by atoms with Crippen LogP contribution in [0.1, 0.15) is 11.3 Å². The van der Waals surface area contributed by atoms with E-state index in [-0.39, 0.29) is 0 Å². The molecule has 0 radical (unpaired) electrons. The lowest BCUT2D eigenvalue weighted by atomic mass is 10.1. The van der Waals surface area contributed by atoms with Crippen molar-refractivity contribution in [2.24, 2.45) is 0 Å². The molecule has 0 N–H and O–H groups in total. The SMILES string of the molecule is Cc1ccc2n1Cc1ccccc1-2. The van der Waals surface area contributed by atoms with E-state index in [1.807, 2.05) is 0 Å². The lowest BCUT2D eigenvalue weighted by Crippen LogP contribution is -1.94. The summed E-state index contributed by atoms with van der Waals surface area (Å²) in [5.41, 5.74) is 5.57. The molecule has 0 fully saturated rings. The number of benzene rings is 1. The van der Waals surface area contributed by atoms with Crippen LogP contribution in [0.2, 0.25) is 0 Å². The Morgan fingerprint density at radius 2 is 1.92 bits per heavy atom. The molecule has 0 saturated carbocycles. The van der Waals surface area contributed by atoms with E-state index in [1.54, 1.807) is 0 Å². The van der Waals surface area contributed by atoms with Gasteiger partial charge in [-0.05, 0) is 24.6 Å². The van der Waals surface area contributed by atoms with Gasteiger partial charge in [0.1, 0.15) is 0 Å². The van der Waals surface area contributed by atoms with Crippen molar-refractivity contribution in [3.63, 3.8) is 0 Å². The van der Waals surface area contributed by atoms with Gasteiger partial charge in [-0.2, -0.15) is 0 Å². The van der Waals surface area contributed by atoms with Gasteiger partial charge in [0.25, 0.3) is 0 Å². The molecule has 1 aliphatic heterocycles. The highest BCUT2D eigenvalue weighted by Crippen LogP contribution is 2.32. The second kappa shape index (κ2) is 2.25. The van der Waals surface area contributed by atoms with Gasteiger partial charge in [-0.25, -0.2) is 0 Å². The minimum absolute atomic E-state index is 1.05. The highest BCUT2D eigenvalue weighted by Gasteiger charge is 2.17. The summed E-state index contributed by atoms with van der Waals surface area (Å²) in [6, 6.07) is 13.0. The Bertz CT molecular complexity index is 466. The van der Waals surface area contributed by atoms with E-state index in [1.165, 1.54) is 22.5 Å². The zero-order valence-corrected chi connectivity index (χ0v) is 7.62. The molecule has 2 heterocycles. The molecular weight excluding hydrogens is 158 g/mol. The molecule has 0 unspecified atom stereocenters. The number of aryl methyl sites for hydroxylation is 1. The van der Waals surface area contributed by atoms with Gasteiger partial charge >= 0.3 is 0 Å². The molecule has 3 rings (SSSR count). The molecule has 0 bridgehead atoms. The maximum absolute atomic E-state index is 2.37. The number of fused-ring (bicyclic) bond motifs is 3. The van der Waals surface area contributed by atoms with Gasteiger partial charge in [0, 0.05) is 23.5 Å². The molecule has 0 saturated heterocycles.